The van der Waals surface area contributed by atoms with Gasteiger partial charge in [-0.3, -0.25) is 4.79 Å². The fourth-order valence-corrected chi connectivity index (χ4v) is 1.86. The van der Waals surface area contributed by atoms with Crippen LogP contribution in [0.3, 0.4) is 0 Å². The second-order valence-electron chi connectivity index (χ2n) is 4.38. The van der Waals surface area contributed by atoms with Gasteiger partial charge >= 0.3 is 5.97 Å². The lowest BCUT2D eigenvalue weighted by Gasteiger charge is -2.12. The van der Waals surface area contributed by atoms with Crippen molar-refractivity contribution < 1.29 is 9.90 Å². The first-order valence-electron chi connectivity index (χ1n) is 5.47. The molecule has 6 heteroatoms. The molecule has 0 amide bonds. The Bertz CT molecular complexity index is 574. The van der Waals surface area contributed by atoms with Gasteiger partial charge in [0.2, 0.25) is 0 Å². The highest BCUT2D eigenvalue weighted by Gasteiger charge is 2.50. The molecule has 0 saturated heterocycles. The van der Waals surface area contributed by atoms with Crippen LogP contribution in [0.2, 0.25) is 0 Å². The van der Waals surface area contributed by atoms with Gasteiger partial charge < -0.3 is 10.4 Å². The maximum Gasteiger partial charge on any atom is 0.311 e. The Morgan fingerprint density at radius 2 is 2.35 bits per heavy atom. The Labute approximate surface area is 97.3 Å². The van der Waals surface area contributed by atoms with Crippen LogP contribution in [-0.2, 0) is 4.79 Å². The number of aliphatic carboxylic acids is 1. The number of nitrogens with one attached hydrogen (secondary N) is 1. The topological polar surface area (TPSA) is 79.5 Å². The molecule has 2 aromatic heterocycles. The van der Waals surface area contributed by atoms with Crippen LogP contribution < -0.4 is 5.32 Å². The van der Waals surface area contributed by atoms with E-state index >= 15 is 0 Å². The number of anilines is 1. The lowest BCUT2D eigenvalue weighted by Crippen LogP contribution is -2.24. The van der Waals surface area contributed by atoms with Gasteiger partial charge in [-0.2, -0.15) is 5.10 Å². The highest BCUT2D eigenvalue weighted by molar-refractivity contribution is 5.79. The smallest absolute Gasteiger partial charge is 0.311 e. The summed E-state index contributed by atoms with van der Waals surface area (Å²) in [5, 5.41) is 16.3. The van der Waals surface area contributed by atoms with Crippen LogP contribution in [0.1, 0.15) is 12.8 Å². The number of hydrogen-bond acceptors (Lipinski definition) is 4. The molecule has 2 N–H and O–H groups in total. The van der Waals surface area contributed by atoms with Gasteiger partial charge in [-0.05, 0) is 18.9 Å². The van der Waals surface area contributed by atoms with E-state index in [2.05, 4.69) is 15.4 Å². The van der Waals surface area contributed by atoms with Crippen molar-refractivity contribution in [2.24, 2.45) is 5.41 Å². The number of carboxylic acids is 1. The molecule has 0 aromatic carbocycles. The fourth-order valence-electron chi connectivity index (χ4n) is 1.86. The molecule has 1 aliphatic rings. The van der Waals surface area contributed by atoms with Crippen molar-refractivity contribution in [2.75, 3.05) is 11.9 Å². The second kappa shape index (κ2) is 3.44. The zero-order valence-corrected chi connectivity index (χ0v) is 9.13. The number of fused-ring (bicyclic) bond motifs is 1. The lowest BCUT2D eigenvalue weighted by molar-refractivity contribution is -0.142. The van der Waals surface area contributed by atoms with E-state index in [1.54, 1.807) is 23.1 Å². The standard InChI is InChI=1S/C11H12N4O2/c16-10(17)11(2-3-11)7-13-9-8-1-4-14-15(8)6-5-12-9/h1,4-6H,2-3,7H2,(H,12,13)(H,16,17). The number of rotatable bonds is 4. The van der Waals surface area contributed by atoms with E-state index in [0.29, 0.717) is 12.4 Å². The highest BCUT2D eigenvalue weighted by atomic mass is 16.4. The molecule has 0 atom stereocenters. The molecule has 1 aliphatic carbocycles. The molecule has 0 unspecified atom stereocenters. The fraction of sp³-hybridized carbons (Fsp3) is 0.364. The third kappa shape index (κ3) is 1.61. The number of carboxylic acid groups (broad SMARTS) is 1. The summed E-state index contributed by atoms with van der Waals surface area (Å²) in [7, 11) is 0. The summed E-state index contributed by atoms with van der Waals surface area (Å²) >= 11 is 0. The van der Waals surface area contributed by atoms with Crippen molar-refractivity contribution >= 4 is 17.3 Å². The largest absolute Gasteiger partial charge is 0.481 e. The summed E-state index contributed by atoms with van der Waals surface area (Å²) in [6.45, 7) is 0.417. The normalized spacial score (nSPS) is 16.9. The molecule has 1 fully saturated rings. The minimum absolute atomic E-state index is 0.417. The van der Waals surface area contributed by atoms with Gasteiger partial charge in [-0.1, -0.05) is 0 Å². The Hall–Kier alpha value is -2.11. The van der Waals surface area contributed by atoms with Crippen molar-refractivity contribution in [2.45, 2.75) is 12.8 Å². The molecule has 6 nitrogen and oxygen atoms in total. The first-order valence-corrected chi connectivity index (χ1v) is 5.47. The summed E-state index contributed by atoms with van der Waals surface area (Å²) < 4.78 is 1.70. The quantitative estimate of drug-likeness (QED) is 0.822. The maximum atomic E-state index is 11.0. The van der Waals surface area contributed by atoms with Crippen molar-refractivity contribution in [3.63, 3.8) is 0 Å². The van der Waals surface area contributed by atoms with Gasteiger partial charge in [0.05, 0.1) is 11.6 Å². The summed E-state index contributed by atoms with van der Waals surface area (Å²) in [6, 6.07) is 1.84. The van der Waals surface area contributed by atoms with Crippen LogP contribution in [0.15, 0.2) is 24.7 Å². The van der Waals surface area contributed by atoms with Crippen molar-refractivity contribution in [1.82, 2.24) is 14.6 Å². The average Bonchev–Trinajstić information content (AvgIpc) is 2.96. The minimum Gasteiger partial charge on any atom is -0.481 e. The first kappa shape index (κ1) is 10.1. The van der Waals surface area contributed by atoms with E-state index in [-0.39, 0.29) is 0 Å². The molecule has 0 aliphatic heterocycles. The van der Waals surface area contributed by atoms with Gasteiger partial charge in [0, 0.05) is 18.9 Å². The SMILES string of the molecule is O=C(O)C1(CNc2nccn3nccc23)CC1. The molecular formula is C11H12N4O2. The second-order valence-corrected chi connectivity index (χ2v) is 4.38. The Kier molecular flexibility index (Phi) is 2.04. The third-order valence-electron chi connectivity index (χ3n) is 3.23. The predicted molar refractivity (Wildman–Crippen MR) is 60.8 cm³/mol. The number of carbonyl (C=O) groups is 1. The summed E-state index contributed by atoms with van der Waals surface area (Å²) in [5.41, 5.74) is 0.267. The minimum atomic E-state index is -0.731. The molecule has 3 rings (SSSR count). The number of hydrogen-bond donors (Lipinski definition) is 2. The Morgan fingerprint density at radius 3 is 3.06 bits per heavy atom. The predicted octanol–water partition coefficient (Wildman–Crippen LogP) is 1.01. The summed E-state index contributed by atoms with van der Waals surface area (Å²) in [6.07, 6.45) is 6.55. The van der Waals surface area contributed by atoms with E-state index in [9.17, 15) is 4.79 Å². The number of nitrogens with zero attached hydrogens (tertiary/aromatic N) is 3. The molecule has 17 heavy (non-hydrogen) atoms. The molecule has 0 spiro atoms. The van der Waals surface area contributed by atoms with Crippen LogP contribution in [0, 0.1) is 5.41 Å². The van der Waals surface area contributed by atoms with Crippen molar-refractivity contribution in [3.05, 3.63) is 24.7 Å². The maximum absolute atomic E-state index is 11.0. The van der Waals surface area contributed by atoms with E-state index < -0.39 is 11.4 Å². The van der Waals surface area contributed by atoms with Crippen molar-refractivity contribution in [3.8, 4) is 0 Å². The lowest BCUT2D eigenvalue weighted by atomic mass is 10.1. The molecule has 2 heterocycles. The van der Waals surface area contributed by atoms with E-state index in [0.717, 1.165) is 18.4 Å². The van der Waals surface area contributed by atoms with Gasteiger partial charge in [0.1, 0.15) is 5.52 Å². The van der Waals surface area contributed by atoms with E-state index in [1.807, 2.05) is 6.07 Å². The summed E-state index contributed by atoms with van der Waals surface area (Å²) in [5.74, 6) is -0.0528. The molecular weight excluding hydrogens is 220 g/mol. The van der Waals surface area contributed by atoms with Gasteiger partial charge in [-0.15, -0.1) is 0 Å². The summed E-state index contributed by atoms with van der Waals surface area (Å²) in [4.78, 5) is 15.2. The molecule has 1 saturated carbocycles. The monoisotopic (exact) mass is 232 g/mol. The van der Waals surface area contributed by atoms with Gasteiger partial charge in [0.25, 0.3) is 0 Å². The zero-order valence-electron chi connectivity index (χ0n) is 9.13. The molecule has 2 aromatic rings. The number of aromatic nitrogens is 3. The zero-order chi connectivity index (χ0) is 11.9. The van der Waals surface area contributed by atoms with E-state index in [1.165, 1.54) is 0 Å². The van der Waals surface area contributed by atoms with Crippen LogP contribution in [0.5, 0.6) is 0 Å². The first-order chi connectivity index (χ1) is 8.21. The Balaban J connectivity index is 1.81. The van der Waals surface area contributed by atoms with Crippen LogP contribution in [-0.4, -0.2) is 32.2 Å². The van der Waals surface area contributed by atoms with E-state index in [4.69, 9.17) is 5.11 Å². The van der Waals surface area contributed by atoms with Crippen LogP contribution in [0.4, 0.5) is 5.82 Å². The Morgan fingerprint density at radius 1 is 1.53 bits per heavy atom. The molecule has 0 radical (unpaired) electrons. The highest BCUT2D eigenvalue weighted by Crippen LogP contribution is 2.45. The van der Waals surface area contributed by atoms with Crippen molar-refractivity contribution in [1.29, 1.82) is 0 Å². The molecule has 0 bridgehead atoms. The van der Waals surface area contributed by atoms with Crippen LogP contribution >= 0.6 is 0 Å². The third-order valence-corrected chi connectivity index (χ3v) is 3.23. The average molecular weight is 232 g/mol. The van der Waals surface area contributed by atoms with Gasteiger partial charge in [0.15, 0.2) is 5.82 Å². The van der Waals surface area contributed by atoms with Crippen LogP contribution in [0.25, 0.3) is 5.52 Å². The van der Waals surface area contributed by atoms with Gasteiger partial charge in [-0.25, -0.2) is 9.50 Å². The molecule has 88 valence electrons.